The zero-order valence-corrected chi connectivity index (χ0v) is 15.9. The summed E-state index contributed by atoms with van der Waals surface area (Å²) < 4.78 is 5.68. The first-order valence-electron chi connectivity index (χ1n) is 9.63. The Balaban J connectivity index is 1.61. The summed E-state index contributed by atoms with van der Waals surface area (Å²) in [5, 5.41) is 16.9. The SMILES string of the molecule is CCOC1C=CC(=N)C(C(=N)C2=NCN=C(N3CCN(CC)CC3)C2)C1. The summed E-state index contributed by atoms with van der Waals surface area (Å²) in [6, 6.07) is 0. The minimum atomic E-state index is -0.230. The molecule has 7 heteroatoms. The molecule has 2 atom stereocenters. The molecular formula is C19H30N6O. The summed E-state index contributed by atoms with van der Waals surface area (Å²) in [7, 11) is 0. The van der Waals surface area contributed by atoms with Gasteiger partial charge in [-0.2, -0.15) is 0 Å². The summed E-state index contributed by atoms with van der Waals surface area (Å²) in [5.41, 5.74) is 1.73. The Labute approximate surface area is 155 Å². The van der Waals surface area contributed by atoms with Crippen LogP contribution in [-0.2, 0) is 4.74 Å². The van der Waals surface area contributed by atoms with Crippen LogP contribution in [0.15, 0.2) is 22.1 Å². The quantitative estimate of drug-likeness (QED) is 0.735. The van der Waals surface area contributed by atoms with Crippen molar-refractivity contribution in [3.63, 3.8) is 0 Å². The summed E-state index contributed by atoms with van der Waals surface area (Å²) >= 11 is 0. The van der Waals surface area contributed by atoms with Crippen molar-refractivity contribution in [3.05, 3.63) is 12.2 Å². The van der Waals surface area contributed by atoms with Gasteiger partial charge in [0.2, 0.25) is 0 Å². The van der Waals surface area contributed by atoms with Crippen LogP contribution < -0.4 is 0 Å². The smallest absolute Gasteiger partial charge is 0.131 e. The molecule has 1 saturated heterocycles. The Morgan fingerprint density at radius 3 is 2.69 bits per heavy atom. The van der Waals surface area contributed by atoms with Gasteiger partial charge < -0.3 is 25.4 Å². The number of hydrogen-bond donors (Lipinski definition) is 2. The molecule has 3 aliphatic rings. The van der Waals surface area contributed by atoms with E-state index in [1.54, 1.807) is 6.08 Å². The Morgan fingerprint density at radius 1 is 1.23 bits per heavy atom. The fourth-order valence-corrected chi connectivity index (χ4v) is 3.76. The van der Waals surface area contributed by atoms with Crippen LogP contribution in [0.2, 0.25) is 0 Å². The first-order chi connectivity index (χ1) is 12.6. The third-order valence-electron chi connectivity index (χ3n) is 5.40. The van der Waals surface area contributed by atoms with E-state index in [0.29, 0.717) is 37.5 Å². The van der Waals surface area contributed by atoms with E-state index in [0.717, 1.165) is 44.3 Å². The fraction of sp³-hybridized carbons (Fsp3) is 0.684. The molecule has 0 spiro atoms. The van der Waals surface area contributed by atoms with E-state index in [2.05, 4.69) is 26.7 Å². The van der Waals surface area contributed by atoms with Gasteiger partial charge in [0.1, 0.15) is 12.5 Å². The highest BCUT2D eigenvalue weighted by molar-refractivity contribution is 6.48. The number of aliphatic imine (C=N–C) groups is 2. The van der Waals surface area contributed by atoms with Gasteiger partial charge in [-0.25, -0.2) is 4.99 Å². The maximum Gasteiger partial charge on any atom is 0.131 e. The van der Waals surface area contributed by atoms with E-state index in [1.807, 2.05) is 13.0 Å². The van der Waals surface area contributed by atoms with Gasteiger partial charge in [0.15, 0.2) is 0 Å². The molecule has 7 nitrogen and oxygen atoms in total. The lowest BCUT2D eigenvalue weighted by Gasteiger charge is -2.37. The van der Waals surface area contributed by atoms with Crippen LogP contribution in [0.5, 0.6) is 0 Å². The molecule has 0 amide bonds. The van der Waals surface area contributed by atoms with E-state index >= 15 is 0 Å². The molecule has 1 fully saturated rings. The summed E-state index contributed by atoms with van der Waals surface area (Å²) in [6.07, 6.45) is 4.96. The van der Waals surface area contributed by atoms with Crippen molar-refractivity contribution in [3.8, 4) is 0 Å². The number of amidine groups is 1. The molecule has 2 unspecified atom stereocenters. The largest absolute Gasteiger partial charge is 0.374 e. The molecule has 0 aromatic rings. The van der Waals surface area contributed by atoms with Crippen LogP contribution in [0, 0.1) is 16.7 Å². The number of nitrogens with one attached hydrogen (secondary N) is 2. The fourth-order valence-electron chi connectivity index (χ4n) is 3.76. The maximum absolute atomic E-state index is 8.65. The van der Waals surface area contributed by atoms with Crippen molar-refractivity contribution in [1.82, 2.24) is 9.80 Å². The summed E-state index contributed by atoms with van der Waals surface area (Å²) in [6.45, 7) is 10.4. The average molecular weight is 358 g/mol. The molecule has 3 rings (SSSR count). The first kappa shape index (κ1) is 18.9. The lowest BCUT2D eigenvalue weighted by atomic mass is 9.84. The molecule has 2 N–H and O–H groups in total. The number of allylic oxidation sites excluding steroid dienone is 1. The third kappa shape index (κ3) is 4.27. The molecule has 0 bridgehead atoms. The Morgan fingerprint density at radius 2 is 2.00 bits per heavy atom. The topological polar surface area (TPSA) is 88.1 Å². The summed E-state index contributed by atoms with van der Waals surface area (Å²) in [4.78, 5) is 13.9. The lowest BCUT2D eigenvalue weighted by Crippen LogP contribution is -2.50. The van der Waals surface area contributed by atoms with Crippen molar-refractivity contribution in [2.24, 2.45) is 15.9 Å². The lowest BCUT2D eigenvalue weighted by molar-refractivity contribution is 0.0868. The molecule has 2 aliphatic heterocycles. The molecule has 26 heavy (non-hydrogen) atoms. The average Bonchev–Trinajstić information content (AvgIpc) is 2.69. The normalized spacial score (nSPS) is 27.3. The predicted octanol–water partition coefficient (Wildman–Crippen LogP) is 1.85. The van der Waals surface area contributed by atoms with Gasteiger partial charge in [-0.05, 0) is 26.0 Å². The maximum atomic E-state index is 8.65. The molecule has 0 aromatic heterocycles. The Bertz CT molecular complexity index is 630. The van der Waals surface area contributed by atoms with Crippen LogP contribution in [-0.4, -0.2) is 84.9 Å². The van der Waals surface area contributed by atoms with E-state index < -0.39 is 0 Å². The minimum absolute atomic E-state index is 0.0149. The van der Waals surface area contributed by atoms with Crippen LogP contribution in [0.1, 0.15) is 26.7 Å². The van der Waals surface area contributed by atoms with Crippen molar-refractivity contribution >= 4 is 23.0 Å². The Kier molecular flexibility index (Phi) is 6.32. The highest BCUT2D eigenvalue weighted by Gasteiger charge is 2.31. The number of nitrogens with zero attached hydrogens (tertiary/aromatic N) is 4. The van der Waals surface area contributed by atoms with Crippen molar-refractivity contribution in [2.75, 3.05) is 46.0 Å². The standard InChI is InChI=1S/C19H30N6O/c1-3-24-7-9-25(10-8-24)18-12-17(22-13-23-18)19(21)15-11-14(26-4-2)5-6-16(15)20/h5-6,14-15,20-21H,3-4,7-13H2,1-2H3. The van der Waals surface area contributed by atoms with Crippen LogP contribution >= 0.6 is 0 Å². The van der Waals surface area contributed by atoms with Gasteiger partial charge in [0, 0.05) is 50.8 Å². The van der Waals surface area contributed by atoms with Crippen molar-refractivity contribution in [2.45, 2.75) is 32.8 Å². The van der Waals surface area contributed by atoms with Crippen LogP contribution in [0.25, 0.3) is 0 Å². The van der Waals surface area contributed by atoms with Crippen LogP contribution in [0.3, 0.4) is 0 Å². The van der Waals surface area contributed by atoms with E-state index in [4.69, 9.17) is 15.6 Å². The summed E-state index contributed by atoms with van der Waals surface area (Å²) in [5.74, 6) is 0.821. The molecule has 2 heterocycles. The first-order valence-corrected chi connectivity index (χ1v) is 9.63. The van der Waals surface area contributed by atoms with E-state index in [1.165, 1.54) is 0 Å². The predicted molar refractivity (Wildman–Crippen MR) is 106 cm³/mol. The number of ether oxygens (including phenoxy) is 1. The molecular weight excluding hydrogens is 328 g/mol. The third-order valence-corrected chi connectivity index (χ3v) is 5.40. The van der Waals surface area contributed by atoms with Gasteiger partial charge in [-0.1, -0.05) is 13.0 Å². The minimum Gasteiger partial charge on any atom is -0.374 e. The second kappa shape index (κ2) is 8.68. The van der Waals surface area contributed by atoms with Gasteiger partial charge in [-0.3, -0.25) is 4.99 Å². The van der Waals surface area contributed by atoms with Gasteiger partial charge in [0.05, 0.1) is 17.5 Å². The van der Waals surface area contributed by atoms with Gasteiger partial charge in [-0.15, -0.1) is 0 Å². The van der Waals surface area contributed by atoms with Crippen LogP contribution in [0.4, 0.5) is 0 Å². The molecule has 0 saturated carbocycles. The molecule has 1 aliphatic carbocycles. The zero-order valence-electron chi connectivity index (χ0n) is 15.9. The molecule has 0 radical (unpaired) electrons. The van der Waals surface area contributed by atoms with E-state index in [-0.39, 0.29) is 12.0 Å². The van der Waals surface area contributed by atoms with Gasteiger partial charge >= 0.3 is 0 Å². The zero-order chi connectivity index (χ0) is 18.5. The highest BCUT2D eigenvalue weighted by atomic mass is 16.5. The number of piperazine rings is 1. The second-order valence-corrected chi connectivity index (χ2v) is 6.93. The molecule has 142 valence electrons. The monoisotopic (exact) mass is 358 g/mol. The number of likely N-dealkylation sites (N-methyl/N-ethyl adjacent to an activating group) is 1. The highest BCUT2D eigenvalue weighted by Crippen LogP contribution is 2.22. The van der Waals surface area contributed by atoms with E-state index in [9.17, 15) is 0 Å². The molecule has 0 aromatic carbocycles. The van der Waals surface area contributed by atoms with Gasteiger partial charge in [0.25, 0.3) is 0 Å². The second-order valence-electron chi connectivity index (χ2n) is 6.93. The van der Waals surface area contributed by atoms with Crippen molar-refractivity contribution in [1.29, 1.82) is 10.8 Å². The number of hydrogen-bond acceptors (Lipinski definition) is 7. The van der Waals surface area contributed by atoms with Crippen molar-refractivity contribution < 1.29 is 4.74 Å². The Hall–Kier alpha value is -1.86. The number of rotatable bonds is 5.